The summed E-state index contributed by atoms with van der Waals surface area (Å²) < 4.78 is 38.9. The summed E-state index contributed by atoms with van der Waals surface area (Å²) in [6.45, 7) is 9.28. The molecule has 3 aliphatic heterocycles. The van der Waals surface area contributed by atoms with Crippen LogP contribution in [0.2, 0.25) is 0 Å². The lowest BCUT2D eigenvalue weighted by Crippen LogP contribution is -2.55. The van der Waals surface area contributed by atoms with Gasteiger partial charge in [0.05, 0.1) is 12.1 Å². The molecule has 1 aromatic rings. The molecule has 0 radical (unpaired) electrons. The van der Waals surface area contributed by atoms with Gasteiger partial charge in [-0.1, -0.05) is 0 Å². The van der Waals surface area contributed by atoms with E-state index in [-0.39, 0.29) is 40.5 Å². The number of piperidine rings is 1. The van der Waals surface area contributed by atoms with Crippen molar-refractivity contribution < 1.29 is 27.2 Å². The highest BCUT2D eigenvalue weighted by Gasteiger charge is 2.43. The number of amides is 2. The zero-order valence-corrected chi connectivity index (χ0v) is 21.5. The molecular formula is C24H37N3O6S. The highest BCUT2D eigenvalue weighted by Crippen LogP contribution is 2.33. The van der Waals surface area contributed by atoms with E-state index >= 15 is 0 Å². The summed E-state index contributed by atoms with van der Waals surface area (Å²) in [6, 6.07) is 1.11. The summed E-state index contributed by atoms with van der Waals surface area (Å²) in [4.78, 5) is 30.0. The lowest BCUT2D eigenvalue weighted by atomic mass is 9.93. The van der Waals surface area contributed by atoms with Gasteiger partial charge in [-0.15, -0.1) is 0 Å². The van der Waals surface area contributed by atoms with E-state index in [0.717, 1.165) is 44.9 Å². The Kier molecular flexibility index (Phi) is 7.01. The topological polar surface area (TPSA) is 100 Å². The Labute approximate surface area is 202 Å². The second kappa shape index (κ2) is 9.53. The van der Waals surface area contributed by atoms with Crippen LogP contribution in [0.5, 0.6) is 0 Å². The van der Waals surface area contributed by atoms with E-state index < -0.39 is 15.6 Å². The number of sulfonamides is 1. The van der Waals surface area contributed by atoms with Crippen molar-refractivity contribution in [3.63, 3.8) is 0 Å². The van der Waals surface area contributed by atoms with Gasteiger partial charge in [0, 0.05) is 32.2 Å². The van der Waals surface area contributed by atoms with Gasteiger partial charge in [-0.05, 0) is 72.6 Å². The third-order valence-corrected chi connectivity index (χ3v) is 8.95. The Hall–Kier alpha value is -2.07. The average molecular weight is 496 g/mol. The van der Waals surface area contributed by atoms with Crippen LogP contribution < -0.4 is 0 Å². The molecule has 34 heavy (non-hydrogen) atoms. The van der Waals surface area contributed by atoms with Gasteiger partial charge in [-0.2, -0.15) is 4.31 Å². The van der Waals surface area contributed by atoms with Crippen molar-refractivity contribution in [2.24, 2.45) is 0 Å². The molecule has 4 heterocycles. The number of aryl methyl sites for hydroxylation is 1. The monoisotopic (exact) mass is 495 g/mol. The minimum atomic E-state index is -3.68. The largest absolute Gasteiger partial charge is 0.455 e. The normalized spacial score (nSPS) is 24.6. The molecule has 0 bridgehead atoms. The van der Waals surface area contributed by atoms with Crippen LogP contribution in [-0.4, -0.2) is 78.4 Å². The molecule has 0 aromatic carbocycles. The van der Waals surface area contributed by atoms with E-state index in [1.54, 1.807) is 16.7 Å². The number of hydrogen-bond acceptors (Lipinski definition) is 6. The number of likely N-dealkylation sites (tertiary alicyclic amines) is 2. The van der Waals surface area contributed by atoms with E-state index in [1.165, 1.54) is 10.4 Å². The molecule has 1 aromatic heterocycles. The first-order chi connectivity index (χ1) is 16.0. The van der Waals surface area contributed by atoms with Crippen LogP contribution in [0.1, 0.15) is 82.0 Å². The first kappa shape index (κ1) is 25.0. The van der Waals surface area contributed by atoms with Crippen molar-refractivity contribution >= 4 is 22.0 Å². The number of carbonyl (C=O) groups excluding carboxylic acids is 2. The summed E-state index contributed by atoms with van der Waals surface area (Å²) in [5, 5.41) is 0. The standard InChI is InChI=1S/C24H37N3O6S/c1-17-21(34(30,31)25-12-7-8-13-25)16-20(32-17)22(28)26-14-6-5-10-18(26)19-11-9-15-27(19)23(29)33-24(2,3)4/h16,18-19H,5-15H2,1-4H3. The minimum absolute atomic E-state index is 0.0454. The van der Waals surface area contributed by atoms with Gasteiger partial charge in [0.25, 0.3) is 5.91 Å². The predicted molar refractivity (Wildman–Crippen MR) is 126 cm³/mol. The van der Waals surface area contributed by atoms with Crippen molar-refractivity contribution in [1.82, 2.24) is 14.1 Å². The maximum absolute atomic E-state index is 13.6. The van der Waals surface area contributed by atoms with Crippen molar-refractivity contribution in [1.29, 1.82) is 0 Å². The summed E-state index contributed by atoms with van der Waals surface area (Å²) >= 11 is 0. The molecule has 2 amide bonds. The summed E-state index contributed by atoms with van der Waals surface area (Å²) in [6.07, 6.45) is 5.62. The molecule has 0 aliphatic carbocycles. The summed E-state index contributed by atoms with van der Waals surface area (Å²) in [5.74, 6) is -0.0317. The van der Waals surface area contributed by atoms with Crippen molar-refractivity contribution in [2.75, 3.05) is 26.2 Å². The number of carbonyl (C=O) groups is 2. The van der Waals surface area contributed by atoms with E-state index in [1.807, 2.05) is 20.8 Å². The van der Waals surface area contributed by atoms with Crippen LogP contribution >= 0.6 is 0 Å². The predicted octanol–water partition coefficient (Wildman–Crippen LogP) is 3.77. The Balaban J connectivity index is 1.56. The maximum Gasteiger partial charge on any atom is 0.410 e. The van der Waals surface area contributed by atoms with E-state index in [4.69, 9.17) is 9.15 Å². The second-order valence-corrected chi connectivity index (χ2v) is 12.5. The van der Waals surface area contributed by atoms with Crippen LogP contribution in [0.3, 0.4) is 0 Å². The lowest BCUT2D eigenvalue weighted by Gasteiger charge is -2.42. The Bertz CT molecular complexity index is 1020. The fourth-order valence-corrected chi connectivity index (χ4v) is 7.06. The molecule has 2 unspecified atom stereocenters. The Morgan fingerprint density at radius 1 is 0.941 bits per heavy atom. The molecule has 3 saturated heterocycles. The SMILES string of the molecule is Cc1oc(C(=O)N2CCCCC2C2CCCN2C(=O)OC(C)(C)C)cc1S(=O)(=O)N1CCCC1. The molecule has 0 N–H and O–H groups in total. The smallest absolute Gasteiger partial charge is 0.410 e. The highest BCUT2D eigenvalue weighted by molar-refractivity contribution is 7.89. The molecule has 4 rings (SSSR count). The fourth-order valence-electron chi connectivity index (χ4n) is 5.39. The quantitative estimate of drug-likeness (QED) is 0.630. The molecule has 3 aliphatic rings. The number of furan rings is 1. The molecule has 2 atom stereocenters. The van der Waals surface area contributed by atoms with E-state index in [9.17, 15) is 18.0 Å². The maximum atomic E-state index is 13.6. The third-order valence-electron chi connectivity index (χ3n) is 6.95. The zero-order valence-electron chi connectivity index (χ0n) is 20.7. The highest BCUT2D eigenvalue weighted by atomic mass is 32.2. The summed E-state index contributed by atoms with van der Waals surface area (Å²) in [5.41, 5.74) is -0.588. The van der Waals surface area contributed by atoms with Gasteiger partial charge < -0.3 is 19.0 Å². The molecule has 0 saturated carbocycles. The molecule has 0 spiro atoms. The van der Waals surface area contributed by atoms with Crippen molar-refractivity contribution in [3.8, 4) is 0 Å². The second-order valence-electron chi connectivity index (χ2n) is 10.6. The first-order valence-electron chi connectivity index (χ1n) is 12.4. The van der Waals surface area contributed by atoms with Gasteiger partial charge in [0.1, 0.15) is 16.3 Å². The number of nitrogens with zero attached hydrogens (tertiary/aromatic N) is 3. The Morgan fingerprint density at radius 3 is 2.21 bits per heavy atom. The lowest BCUT2D eigenvalue weighted by molar-refractivity contribution is 0.00710. The van der Waals surface area contributed by atoms with Crippen LogP contribution in [0.4, 0.5) is 4.79 Å². The van der Waals surface area contributed by atoms with Crippen LogP contribution in [-0.2, 0) is 14.8 Å². The number of ether oxygens (including phenoxy) is 1. The number of rotatable bonds is 4. The minimum Gasteiger partial charge on any atom is -0.455 e. The van der Waals surface area contributed by atoms with E-state index in [2.05, 4.69) is 0 Å². The van der Waals surface area contributed by atoms with Crippen molar-refractivity contribution in [3.05, 3.63) is 17.6 Å². The fraction of sp³-hybridized carbons (Fsp3) is 0.750. The van der Waals surface area contributed by atoms with Crippen molar-refractivity contribution in [2.45, 2.75) is 95.2 Å². The van der Waals surface area contributed by atoms with Crippen LogP contribution in [0.25, 0.3) is 0 Å². The first-order valence-corrected chi connectivity index (χ1v) is 13.8. The molecule has 10 heteroatoms. The third kappa shape index (κ3) is 4.98. The molecule has 9 nitrogen and oxygen atoms in total. The zero-order chi connectivity index (χ0) is 24.7. The van der Waals surface area contributed by atoms with Gasteiger partial charge in [-0.25, -0.2) is 13.2 Å². The molecular weight excluding hydrogens is 458 g/mol. The van der Waals surface area contributed by atoms with E-state index in [0.29, 0.717) is 26.2 Å². The number of hydrogen-bond donors (Lipinski definition) is 0. The van der Waals surface area contributed by atoms with Gasteiger partial charge >= 0.3 is 6.09 Å². The molecule has 3 fully saturated rings. The van der Waals surface area contributed by atoms with Gasteiger partial charge in [-0.3, -0.25) is 4.79 Å². The van der Waals surface area contributed by atoms with Crippen LogP contribution in [0.15, 0.2) is 15.4 Å². The van der Waals surface area contributed by atoms with Gasteiger partial charge in [0.15, 0.2) is 5.76 Å². The van der Waals surface area contributed by atoms with Crippen LogP contribution in [0, 0.1) is 6.92 Å². The van der Waals surface area contributed by atoms with Gasteiger partial charge in [0.2, 0.25) is 10.0 Å². The summed E-state index contributed by atoms with van der Waals surface area (Å²) in [7, 11) is -3.68. The Morgan fingerprint density at radius 2 is 1.53 bits per heavy atom. The average Bonchev–Trinajstić information content (AvgIpc) is 3.52. The molecule has 190 valence electrons.